The normalized spacial score (nSPS) is 12.0. The van der Waals surface area contributed by atoms with Crippen molar-refractivity contribution in [1.82, 2.24) is 5.32 Å². The number of nitrogens with two attached hydrogens (primary N) is 1. The van der Waals surface area contributed by atoms with Gasteiger partial charge in [-0.15, -0.1) is 0 Å². The van der Waals surface area contributed by atoms with Gasteiger partial charge >= 0.3 is 0 Å². The van der Waals surface area contributed by atoms with Gasteiger partial charge in [0.25, 0.3) is 0 Å². The third kappa shape index (κ3) is 5.01. The first-order valence-corrected chi connectivity index (χ1v) is 7.69. The minimum absolute atomic E-state index is 0.000674. The average molecular weight is 296 g/mol. The predicted molar refractivity (Wildman–Crippen MR) is 90.6 cm³/mol. The second-order valence-corrected chi connectivity index (χ2v) is 5.82. The number of carbonyl (C=O) groups is 1. The van der Waals surface area contributed by atoms with Crippen LogP contribution in [0.2, 0.25) is 0 Å². The summed E-state index contributed by atoms with van der Waals surface area (Å²) in [5.74, 6) is 0.000674. The summed E-state index contributed by atoms with van der Waals surface area (Å²) in [6.45, 7) is 4.82. The first kappa shape index (κ1) is 16.2. The lowest BCUT2D eigenvalue weighted by molar-refractivity contribution is -0.121. The van der Waals surface area contributed by atoms with Gasteiger partial charge in [-0.25, -0.2) is 0 Å². The van der Waals surface area contributed by atoms with E-state index in [1.54, 1.807) is 0 Å². The van der Waals surface area contributed by atoms with Gasteiger partial charge < -0.3 is 11.1 Å². The molecule has 0 bridgehead atoms. The molecule has 1 atom stereocenters. The van der Waals surface area contributed by atoms with Crippen molar-refractivity contribution in [3.63, 3.8) is 0 Å². The van der Waals surface area contributed by atoms with E-state index in [9.17, 15) is 4.79 Å². The molecule has 0 aliphatic heterocycles. The monoisotopic (exact) mass is 296 g/mol. The Hall–Kier alpha value is -2.13. The summed E-state index contributed by atoms with van der Waals surface area (Å²) in [5, 5.41) is 2.95. The predicted octanol–water partition coefficient (Wildman–Crippen LogP) is 3.05. The Morgan fingerprint density at radius 3 is 2.36 bits per heavy atom. The Morgan fingerprint density at radius 1 is 1.09 bits per heavy atom. The van der Waals surface area contributed by atoms with E-state index in [1.165, 1.54) is 16.7 Å². The molecule has 0 aliphatic carbocycles. The lowest BCUT2D eigenvalue weighted by atomic mass is 10.0. The van der Waals surface area contributed by atoms with Crippen molar-refractivity contribution in [1.29, 1.82) is 0 Å². The van der Waals surface area contributed by atoms with Gasteiger partial charge in [0.1, 0.15) is 0 Å². The van der Waals surface area contributed by atoms with E-state index in [2.05, 4.69) is 37.4 Å². The van der Waals surface area contributed by atoms with Crippen LogP contribution in [0.25, 0.3) is 0 Å². The third-order valence-corrected chi connectivity index (χ3v) is 3.65. The minimum atomic E-state index is -0.248. The molecule has 3 nitrogen and oxygen atoms in total. The van der Waals surface area contributed by atoms with Crippen LogP contribution in [0.15, 0.2) is 48.5 Å². The summed E-state index contributed by atoms with van der Waals surface area (Å²) in [7, 11) is 0. The second kappa shape index (κ2) is 7.76. The van der Waals surface area contributed by atoms with E-state index >= 15 is 0 Å². The van der Waals surface area contributed by atoms with Gasteiger partial charge in [0.15, 0.2) is 0 Å². The van der Waals surface area contributed by atoms with Crippen LogP contribution in [-0.2, 0) is 11.2 Å². The van der Waals surface area contributed by atoms with Gasteiger partial charge in [-0.05, 0) is 31.4 Å². The fourth-order valence-electron chi connectivity index (χ4n) is 2.65. The van der Waals surface area contributed by atoms with Crippen LogP contribution in [0.1, 0.15) is 34.7 Å². The Kier molecular flexibility index (Phi) is 5.73. The Morgan fingerprint density at radius 2 is 1.73 bits per heavy atom. The maximum atomic E-state index is 12.0. The number of carbonyl (C=O) groups excluding carboxylic acids is 1. The van der Waals surface area contributed by atoms with Crippen molar-refractivity contribution >= 4 is 5.91 Å². The lowest BCUT2D eigenvalue weighted by Crippen LogP contribution is -2.29. The molecule has 2 aromatic carbocycles. The molecule has 0 heterocycles. The van der Waals surface area contributed by atoms with E-state index in [0.29, 0.717) is 13.0 Å². The van der Waals surface area contributed by atoms with Crippen LogP contribution < -0.4 is 11.1 Å². The molecule has 3 N–H and O–H groups in total. The standard InChI is InChI=1S/C19H24N2O/c1-14-10-15(2)12-16(11-14)8-9-21-19(22)13-18(20)17-6-4-3-5-7-17/h3-7,10-12,18H,8-9,13,20H2,1-2H3,(H,21,22). The van der Waals surface area contributed by atoms with E-state index in [-0.39, 0.29) is 11.9 Å². The molecule has 116 valence electrons. The zero-order chi connectivity index (χ0) is 15.9. The summed E-state index contributed by atoms with van der Waals surface area (Å²) < 4.78 is 0. The number of benzene rings is 2. The van der Waals surface area contributed by atoms with E-state index < -0.39 is 0 Å². The molecule has 0 aliphatic rings. The second-order valence-electron chi connectivity index (χ2n) is 5.82. The van der Waals surface area contributed by atoms with Crippen LogP contribution in [-0.4, -0.2) is 12.5 Å². The van der Waals surface area contributed by atoms with Crippen molar-refractivity contribution in [2.24, 2.45) is 5.73 Å². The van der Waals surface area contributed by atoms with Crippen molar-refractivity contribution in [3.8, 4) is 0 Å². The largest absolute Gasteiger partial charge is 0.356 e. The van der Waals surface area contributed by atoms with Gasteiger partial charge in [0.2, 0.25) is 5.91 Å². The summed E-state index contributed by atoms with van der Waals surface area (Å²) in [6, 6.07) is 16.0. The first-order valence-electron chi connectivity index (χ1n) is 7.69. The van der Waals surface area contributed by atoms with Crippen LogP contribution >= 0.6 is 0 Å². The minimum Gasteiger partial charge on any atom is -0.356 e. The zero-order valence-electron chi connectivity index (χ0n) is 13.3. The molecule has 0 fully saturated rings. The van der Waals surface area contributed by atoms with Crippen LogP contribution in [0.3, 0.4) is 0 Å². The van der Waals surface area contributed by atoms with Crippen molar-refractivity contribution in [3.05, 3.63) is 70.8 Å². The summed E-state index contributed by atoms with van der Waals surface area (Å²) in [6.07, 6.45) is 1.16. The molecule has 3 heteroatoms. The van der Waals surface area contributed by atoms with Gasteiger partial charge in [0.05, 0.1) is 0 Å². The number of hydrogen-bond donors (Lipinski definition) is 2. The molecule has 0 saturated heterocycles. The Labute approximate surface area is 132 Å². The van der Waals surface area contributed by atoms with Gasteiger partial charge in [-0.2, -0.15) is 0 Å². The number of amides is 1. The Bertz CT molecular complexity index is 602. The van der Waals surface area contributed by atoms with Crippen molar-refractivity contribution < 1.29 is 4.79 Å². The third-order valence-electron chi connectivity index (χ3n) is 3.65. The van der Waals surface area contributed by atoms with E-state index in [4.69, 9.17) is 5.73 Å². The number of rotatable bonds is 6. The summed E-state index contributed by atoms with van der Waals surface area (Å²) in [5.41, 5.74) is 10.8. The lowest BCUT2D eigenvalue weighted by Gasteiger charge is -2.12. The SMILES string of the molecule is Cc1cc(C)cc(CCNC(=O)CC(N)c2ccccc2)c1. The fourth-order valence-corrected chi connectivity index (χ4v) is 2.65. The van der Waals surface area contributed by atoms with Gasteiger partial charge in [-0.1, -0.05) is 59.7 Å². The van der Waals surface area contributed by atoms with Crippen LogP contribution in [0.4, 0.5) is 0 Å². The van der Waals surface area contributed by atoms with E-state index in [0.717, 1.165) is 12.0 Å². The smallest absolute Gasteiger partial charge is 0.221 e. The van der Waals surface area contributed by atoms with Gasteiger partial charge in [-0.3, -0.25) is 4.79 Å². The van der Waals surface area contributed by atoms with Crippen molar-refractivity contribution in [2.75, 3.05) is 6.54 Å². The highest BCUT2D eigenvalue weighted by Crippen LogP contribution is 2.13. The molecule has 0 spiro atoms. The first-order chi connectivity index (χ1) is 10.5. The quantitative estimate of drug-likeness (QED) is 0.861. The molecular weight excluding hydrogens is 272 g/mol. The zero-order valence-corrected chi connectivity index (χ0v) is 13.3. The van der Waals surface area contributed by atoms with Crippen molar-refractivity contribution in [2.45, 2.75) is 32.7 Å². The molecule has 2 aromatic rings. The number of aryl methyl sites for hydroxylation is 2. The van der Waals surface area contributed by atoms with Crippen LogP contribution in [0.5, 0.6) is 0 Å². The average Bonchev–Trinajstić information content (AvgIpc) is 2.47. The number of hydrogen-bond acceptors (Lipinski definition) is 2. The topological polar surface area (TPSA) is 55.1 Å². The molecule has 0 radical (unpaired) electrons. The molecular formula is C19H24N2O. The number of nitrogens with one attached hydrogen (secondary N) is 1. The Balaban J connectivity index is 1.78. The highest BCUT2D eigenvalue weighted by atomic mass is 16.1. The maximum Gasteiger partial charge on any atom is 0.221 e. The summed E-state index contributed by atoms with van der Waals surface area (Å²) in [4.78, 5) is 12.0. The molecule has 1 amide bonds. The molecule has 1 unspecified atom stereocenters. The molecule has 2 rings (SSSR count). The molecule has 22 heavy (non-hydrogen) atoms. The summed E-state index contributed by atoms with van der Waals surface area (Å²) >= 11 is 0. The fraction of sp³-hybridized carbons (Fsp3) is 0.316. The highest BCUT2D eigenvalue weighted by Gasteiger charge is 2.10. The van der Waals surface area contributed by atoms with E-state index in [1.807, 2.05) is 30.3 Å². The maximum absolute atomic E-state index is 12.0. The molecule has 0 saturated carbocycles. The van der Waals surface area contributed by atoms with Gasteiger partial charge in [0, 0.05) is 19.0 Å². The molecule has 0 aromatic heterocycles. The van der Waals surface area contributed by atoms with Crippen LogP contribution in [0, 0.1) is 13.8 Å². The highest BCUT2D eigenvalue weighted by molar-refractivity contribution is 5.76.